The third kappa shape index (κ3) is 3.59. The molecule has 0 radical (unpaired) electrons. The summed E-state index contributed by atoms with van der Waals surface area (Å²) in [7, 11) is 2.12. The van der Waals surface area contributed by atoms with Gasteiger partial charge in [-0.3, -0.25) is 0 Å². The molecule has 1 N–H and O–H groups in total. The fraction of sp³-hybridized carbons (Fsp3) is 0.588. The minimum Gasteiger partial charge on any atom is -0.379 e. The van der Waals surface area contributed by atoms with E-state index in [2.05, 4.69) is 36.3 Å². The van der Waals surface area contributed by atoms with E-state index in [1.165, 1.54) is 5.56 Å². The summed E-state index contributed by atoms with van der Waals surface area (Å²) in [6.45, 7) is 6.70. The second kappa shape index (κ2) is 6.67. The second-order valence-electron chi connectivity index (χ2n) is 6.58. The topological polar surface area (TPSA) is 44.8 Å². The number of ether oxygens (including phenoxy) is 1. The Kier molecular flexibility index (Phi) is 4.64. The first-order valence-corrected chi connectivity index (χ1v) is 7.98. The average Bonchev–Trinajstić information content (AvgIpc) is 2.75. The number of rotatable bonds is 2. The van der Waals surface area contributed by atoms with E-state index < -0.39 is 0 Å². The summed E-state index contributed by atoms with van der Waals surface area (Å²) in [6.07, 6.45) is 0. The van der Waals surface area contributed by atoms with E-state index in [1.807, 2.05) is 17.0 Å². The minimum atomic E-state index is 0.0253. The predicted molar refractivity (Wildman–Crippen MR) is 85.7 cm³/mol. The van der Waals surface area contributed by atoms with Gasteiger partial charge in [0.25, 0.3) is 0 Å². The van der Waals surface area contributed by atoms with Gasteiger partial charge in [0.2, 0.25) is 0 Å². The van der Waals surface area contributed by atoms with E-state index in [1.54, 1.807) is 0 Å². The van der Waals surface area contributed by atoms with Crippen molar-refractivity contribution in [2.75, 3.05) is 39.9 Å². The molecule has 0 aliphatic carbocycles. The zero-order chi connectivity index (χ0) is 15.5. The van der Waals surface area contributed by atoms with Crippen LogP contribution in [0.4, 0.5) is 4.79 Å². The largest absolute Gasteiger partial charge is 0.379 e. The van der Waals surface area contributed by atoms with Crippen molar-refractivity contribution in [3.8, 4) is 0 Å². The highest BCUT2D eigenvalue weighted by Crippen LogP contribution is 2.19. The molecule has 2 fully saturated rings. The molecule has 2 heterocycles. The molecule has 2 amide bonds. The van der Waals surface area contributed by atoms with Crippen LogP contribution in [-0.4, -0.2) is 61.8 Å². The Balaban J connectivity index is 1.63. The van der Waals surface area contributed by atoms with Crippen molar-refractivity contribution in [1.82, 2.24) is 15.1 Å². The molecule has 120 valence electrons. The normalized spacial score (nSPS) is 25.6. The summed E-state index contributed by atoms with van der Waals surface area (Å²) in [5, 5.41) is 3.06. The van der Waals surface area contributed by atoms with E-state index in [4.69, 9.17) is 4.74 Å². The van der Waals surface area contributed by atoms with Crippen LogP contribution in [-0.2, 0) is 11.3 Å². The van der Waals surface area contributed by atoms with Crippen LogP contribution in [0.3, 0.4) is 0 Å². The van der Waals surface area contributed by atoms with Crippen molar-refractivity contribution in [3.63, 3.8) is 0 Å². The molecule has 5 heteroatoms. The molecule has 0 saturated carbocycles. The van der Waals surface area contributed by atoms with Crippen LogP contribution < -0.4 is 5.32 Å². The maximum atomic E-state index is 12.6. The maximum absolute atomic E-state index is 12.6. The summed E-state index contributed by atoms with van der Waals surface area (Å²) in [5.74, 6) is 0.405. The van der Waals surface area contributed by atoms with E-state index in [-0.39, 0.29) is 12.1 Å². The van der Waals surface area contributed by atoms with E-state index in [0.29, 0.717) is 19.1 Å². The molecule has 2 saturated heterocycles. The van der Waals surface area contributed by atoms with Crippen LogP contribution in [0.5, 0.6) is 0 Å². The van der Waals surface area contributed by atoms with Crippen LogP contribution >= 0.6 is 0 Å². The Bertz CT molecular complexity index is 534. The second-order valence-corrected chi connectivity index (χ2v) is 6.58. The molecule has 0 aromatic heterocycles. The molecule has 2 bridgehead atoms. The lowest BCUT2D eigenvalue weighted by molar-refractivity contribution is 0.0616. The third-order valence-electron chi connectivity index (χ3n) is 4.44. The van der Waals surface area contributed by atoms with Gasteiger partial charge in [-0.25, -0.2) is 4.79 Å². The predicted octanol–water partition coefficient (Wildman–Crippen LogP) is 1.47. The number of likely N-dealkylation sites (N-methyl/N-ethyl adjacent to an activating group) is 1. The standard InChI is InChI=1S/C17H25N3O2/c1-13-4-3-5-14(6-13)7-18-17(21)20-9-15-8-19(2)10-16(20)12-22-11-15/h3-6,15-16H,7-12H2,1-2H3,(H,18,21)/t15-,16-/m0/s1. The average molecular weight is 303 g/mol. The molecule has 2 aliphatic rings. The maximum Gasteiger partial charge on any atom is 0.318 e. The van der Waals surface area contributed by atoms with Gasteiger partial charge in [-0.05, 0) is 19.5 Å². The smallest absolute Gasteiger partial charge is 0.318 e. The number of hydrogen-bond acceptors (Lipinski definition) is 3. The number of carbonyl (C=O) groups excluding carboxylic acids is 1. The SMILES string of the molecule is Cc1cccc(CNC(=O)N2C[C@H]3COC[C@@H]2CN(C)C3)c1. The monoisotopic (exact) mass is 303 g/mol. The van der Waals surface area contributed by atoms with Crippen LogP contribution in [0.2, 0.25) is 0 Å². The van der Waals surface area contributed by atoms with Crippen LogP contribution in [0.25, 0.3) is 0 Å². The summed E-state index contributed by atoms with van der Waals surface area (Å²) >= 11 is 0. The van der Waals surface area contributed by atoms with Gasteiger partial charge in [-0.2, -0.15) is 0 Å². The van der Waals surface area contributed by atoms with E-state index >= 15 is 0 Å². The van der Waals surface area contributed by atoms with Crippen molar-refractivity contribution in [2.45, 2.75) is 19.5 Å². The number of amides is 2. The van der Waals surface area contributed by atoms with Gasteiger partial charge in [0.1, 0.15) is 0 Å². The van der Waals surface area contributed by atoms with Crippen molar-refractivity contribution >= 4 is 6.03 Å². The van der Waals surface area contributed by atoms with Gasteiger partial charge >= 0.3 is 6.03 Å². The number of hydrogen-bond donors (Lipinski definition) is 1. The van der Waals surface area contributed by atoms with E-state index in [0.717, 1.165) is 31.8 Å². The number of benzene rings is 1. The molecule has 2 atom stereocenters. The Labute approximate surface area is 132 Å². The molecular formula is C17H25N3O2. The van der Waals surface area contributed by atoms with Crippen LogP contribution in [0.1, 0.15) is 11.1 Å². The van der Waals surface area contributed by atoms with Crippen molar-refractivity contribution in [1.29, 1.82) is 0 Å². The number of nitrogens with one attached hydrogen (secondary N) is 1. The molecule has 2 aliphatic heterocycles. The summed E-state index contributed by atoms with van der Waals surface area (Å²) in [6, 6.07) is 8.42. The van der Waals surface area contributed by atoms with Gasteiger partial charge in [0.15, 0.2) is 0 Å². The van der Waals surface area contributed by atoms with Crippen molar-refractivity contribution < 1.29 is 9.53 Å². The van der Waals surface area contributed by atoms with Gasteiger partial charge in [-0.15, -0.1) is 0 Å². The Hall–Kier alpha value is -1.59. The summed E-state index contributed by atoms with van der Waals surface area (Å²) in [4.78, 5) is 16.9. The lowest BCUT2D eigenvalue weighted by atomic mass is 10.1. The quantitative estimate of drug-likeness (QED) is 0.900. The summed E-state index contributed by atoms with van der Waals surface area (Å²) in [5.41, 5.74) is 2.35. The molecule has 0 unspecified atom stereocenters. The van der Waals surface area contributed by atoms with Gasteiger partial charge in [0, 0.05) is 32.1 Å². The van der Waals surface area contributed by atoms with Gasteiger partial charge in [0.05, 0.1) is 19.3 Å². The van der Waals surface area contributed by atoms with Crippen molar-refractivity contribution in [3.05, 3.63) is 35.4 Å². The van der Waals surface area contributed by atoms with Gasteiger partial charge < -0.3 is 19.9 Å². The number of fused-ring (bicyclic) bond motifs is 3. The first-order chi connectivity index (χ1) is 10.6. The fourth-order valence-electron chi connectivity index (χ4n) is 3.43. The van der Waals surface area contributed by atoms with Crippen molar-refractivity contribution in [2.24, 2.45) is 5.92 Å². The number of aryl methyl sites for hydroxylation is 1. The minimum absolute atomic E-state index is 0.0253. The summed E-state index contributed by atoms with van der Waals surface area (Å²) < 4.78 is 5.72. The molecule has 3 rings (SSSR count). The molecule has 1 aromatic rings. The molecule has 22 heavy (non-hydrogen) atoms. The van der Waals surface area contributed by atoms with E-state index in [9.17, 15) is 4.79 Å². The first kappa shape index (κ1) is 15.3. The van der Waals surface area contributed by atoms with Gasteiger partial charge in [-0.1, -0.05) is 29.8 Å². The zero-order valence-corrected chi connectivity index (χ0v) is 13.4. The molecule has 0 spiro atoms. The number of carbonyl (C=O) groups is 1. The fourth-order valence-corrected chi connectivity index (χ4v) is 3.43. The Morgan fingerprint density at radius 2 is 2.18 bits per heavy atom. The highest BCUT2D eigenvalue weighted by molar-refractivity contribution is 5.74. The Morgan fingerprint density at radius 3 is 3.00 bits per heavy atom. The zero-order valence-electron chi connectivity index (χ0n) is 13.4. The first-order valence-electron chi connectivity index (χ1n) is 7.98. The van der Waals surface area contributed by atoms with Crippen LogP contribution in [0.15, 0.2) is 24.3 Å². The third-order valence-corrected chi connectivity index (χ3v) is 4.44. The lowest BCUT2D eigenvalue weighted by Gasteiger charge is -2.29. The molecule has 1 aromatic carbocycles. The van der Waals surface area contributed by atoms with Crippen LogP contribution in [0, 0.1) is 12.8 Å². The number of urea groups is 1. The lowest BCUT2D eigenvalue weighted by Crippen LogP contribution is -2.49. The highest BCUT2D eigenvalue weighted by Gasteiger charge is 2.34. The molecular weight excluding hydrogens is 278 g/mol. The Morgan fingerprint density at radius 1 is 1.32 bits per heavy atom. The molecule has 5 nitrogen and oxygen atoms in total. The number of nitrogens with zero attached hydrogens (tertiary/aromatic N) is 2. The highest BCUT2D eigenvalue weighted by atomic mass is 16.5.